The van der Waals surface area contributed by atoms with Crippen LogP contribution in [0.15, 0.2) is 0 Å². The van der Waals surface area contributed by atoms with Crippen molar-refractivity contribution in [3.05, 3.63) is 0 Å². The molecule has 1 aliphatic rings. The first-order chi connectivity index (χ1) is 3.63. The fourth-order valence-corrected chi connectivity index (χ4v) is 1.33. The Morgan fingerprint density at radius 2 is 2.38 bits per heavy atom. The number of alkyl halides is 1. The van der Waals surface area contributed by atoms with E-state index in [4.69, 9.17) is 11.8 Å². The average molecular weight is 198 g/mol. The monoisotopic (exact) mass is 197 g/mol. The van der Waals surface area contributed by atoms with Crippen LogP contribution >= 0.6 is 27.7 Å². The highest BCUT2D eigenvalue weighted by atomic mass is 79.9. The Hall–Kier alpha value is 0.240. The van der Waals surface area contributed by atoms with E-state index in [1.807, 2.05) is 0 Å². The lowest BCUT2D eigenvalue weighted by Crippen LogP contribution is -2.10. The van der Waals surface area contributed by atoms with E-state index in [-0.39, 0.29) is 5.91 Å². The van der Waals surface area contributed by atoms with E-state index in [9.17, 15) is 4.79 Å². The summed E-state index contributed by atoms with van der Waals surface area (Å²) in [4.78, 5) is 10.5. The lowest BCUT2D eigenvalue weighted by atomic mass is 10.2. The molecular weight excluding hydrogens is 193 g/mol. The van der Waals surface area contributed by atoms with Crippen LogP contribution in [-0.2, 0) is 4.79 Å². The summed E-state index contributed by atoms with van der Waals surface area (Å²) in [6.07, 6.45) is 0. The lowest BCUT2D eigenvalue weighted by molar-refractivity contribution is -0.113. The molecule has 8 heavy (non-hydrogen) atoms. The third-order valence-corrected chi connectivity index (χ3v) is 2.90. The van der Waals surface area contributed by atoms with Gasteiger partial charge in [-0.15, -0.1) is 0 Å². The molecule has 1 aliphatic heterocycles. The first-order valence-electron chi connectivity index (χ1n) is 2.19. The van der Waals surface area contributed by atoms with E-state index in [1.165, 1.54) is 4.42 Å². The molecule has 0 aromatic heterocycles. The summed E-state index contributed by atoms with van der Waals surface area (Å²) in [5.41, 5.74) is -0.415. The SMILES string of the molecule is CC1(CBr)C(=O)N1Cl. The fourth-order valence-electron chi connectivity index (χ4n) is 0.414. The van der Waals surface area contributed by atoms with Crippen molar-refractivity contribution in [2.24, 2.45) is 0 Å². The van der Waals surface area contributed by atoms with E-state index in [1.54, 1.807) is 6.92 Å². The minimum Gasteiger partial charge on any atom is -0.271 e. The molecule has 0 saturated carbocycles. The number of carbonyl (C=O) groups excluding carboxylic acids is 1. The van der Waals surface area contributed by atoms with Crippen molar-refractivity contribution in [2.75, 3.05) is 5.33 Å². The van der Waals surface area contributed by atoms with E-state index in [0.29, 0.717) is 5.33 Å². The molecule has 2 nitrogen and oxygen atoms in total. The van der Waals surface area contributed by atoms with Gasteiger partial charge in [0.1, 0.15) is 5.54 Å². The molecule has 1 amide bonds. The number of hydrogen-bond donors (Lipinski definition) is 0. The van der Waals surface area contributed by atoms with E-state index in [0.717, 1.165) is 0 Å². The van der Waals surface area contributed by atoms with Gasteiger partial charge < -0.3 is 0 Å². The number of halogens is 2. The Balaban J connectivity index is 2.63. The summed E-state index contributed by atoms with van der Waals surface area (Å²) in [5, 5.41) is 0.613. The molecule has 4 heteroatoms. The largest absolute Gasteiger partial charge is 0.271 e. The standard InChI is InChI=1S/C4H5BrClNO/c1-4(2-5)3(8)7(4)6/h2H2,1H3. The summed E-state index contributed by atoms with van der Waals surface area (Å²) in [6, 6.07) is 0. The smallest absolute Gasteiger partial charge is 0.265 e. The van der Waals surface area contributed by atoms with Crippen molar-refractivity contribution in [2.45, 2.75) is 12.5 Å². The third kappa shape index (κ3) is 0.576. The molecule has 46 valence electrons. The zero-order chi connectivity index (χ0) is 6.36. The quantitative estimate of drug-likeness (QED) is 0.351. The lowest BCUT2D eigenvalue weighted by Gasteiger charge is -1.94. The molecule has 1 heterocycles. The maximum absolute atomic E-state index is 10.5. The summed E-state index contributed by atoms with van der Waals surface area (Å²) in [7, 11) is 0. The van der Waals surface area contributed by atoms with Gasteiger partial charge in [-0.2, -0.15) is 0 Å². The Morgan fingerprint density at radius 1 is 2.00 bits per heavy atom. The van der Waals surface area contributed by atoms with Gasteiger partial charge in [0.25, 0.3) is 5.91 Å². The van der Waals surface area contributed by atoms with Gasteiger partial charge >= 0.3 is 0 Å². The average Bonchev–Trinajstić information content (AvgIpc) is 2.22. The van der Waals surface area contributed by atoms with Gasteiger partial charge in [0.05, 0.1) is 0 Å². The second-order valence-electron chi connectivity index (χ2n) is 1.99. The Bertz CT molecular complexity index is 140. The van der Waals surface area contributed by atoms with Gasteiger partial charge in [-0.05, 0) is 6.92 Å². The molecule has 0 aromatic carbocycles. The van der Waals surface area contributed by atoms with Crippen LogP contribution in [0.5, 0.6) is 0 Å². The minimum atomic E-state index is -0.415. The van der Waals surface area contributed by atoms with Crippen molar-refractivity contribution in [1.29, 1.82) is 0 Å². The highest BCUT2D eigenvalue weighted by Gasteiger charge is 2.57. The van der Waals surface area contributed by atoms with Crippen LogP contribution < -0.4 is 0 Å². The van der Waals surface area contributed by atoms with Gasteiger partial charge in [0, 0.05) is 17.1 Å². The second kappa shape index (κ2) is 1.61. The first-order valence-corrected chi connectivity index (χ1v) is 3.65. The van der Waals surface area contributed by atoms with Gasteiger partial charge in [-0.3, -0.25) is 4.79 Å². The van der Waals surface area contributed by atoms with Crippen LogP contribution in [0.3, 0.4) is 0 Å². The number of nitrogens with zero attached hydrogens (tertiary/aromatic N) is 1. The van der Waals surface area contributed by atoms with Crippen molar-refractivity contribution in [3.8, 4) is 0 Å². The Morgan fingerprint density at radius 3 is 2.38 bits per heavy atom. The van der Waals surface area contributed by atoms with Crippen LogP contribution in [0, 0.1) is 0 Å². The predicted molar refractivity (Wildman–Crippen MR) is 34.9 cm³/mol. The Labute approximate surface area is 61.0 Å². The molecule has 1 fully saturated rings. The third-order valence-electron chi connectivity index (χ3n) is 1.28. The summed E-state index contributed by atoms with van der Waals surface area (Å²) >= 11 is 8.56. The van der Waals surface area contributed by atoms with Crippen molar-refractivity contribution >= 4 is 33.6 Å². The zero-order valence-electron chi connectivity index (χ0n) is 4.32. The van der Waals surface area contributed by atoms with Gasteiger partial charge in [0.15, 0.2) is 0 Å². The van der Waals surface area contributed by atoms with Crippen LogP contribution in [0.4, 0.5) is 0 Å². The maximum atomic E-state index is 10.5. The highest BCUT2D eigenvalue weighted by molar-refractivity contribution is 9.09. The van der Waals surface area contributed by atoms with Gasteiger partial charge in [-0.25, -0.2) is 4.42 Å². The summed E-state index contributed by atoms with van der Waals surface area (Å²) in [6.45, 7) is 1.79. The number of carbonyl (C=O) groups is 1. The first kappa shape index (κ1) is 6.36. The van der Waals surface area contributed by atoms with Gasteiger partial charge in [-0.1, -0.05) is 15.9 Å². The van der Waals surface area contributed by atoms with Crippen LogP contribution in [-0.4, -0.2) is 21.2 Å². The van der Waals surface area contributed by atoms with Gasteiger partial charge in [0.2, 0.25) is 0 Å². The molecule has 1 saturated heterocycles. The molecule has 1 atom stereocenters. The number of hydrogen-bond acceptors (Lipinski definition) is 1. The summed E-state index contributed by atoms with van der Waals surface area (Å²) < 4.78 is 1.20. The molecule has 0 spiro atoms. The van der Waals surface area contributed by atoms with E-state index >= 15 is 0 Å². The van der Waals surface area contributed by atoms with E-state index < -0.39 is 5.54 Å². The fraction of sp³-hybridized carbons (Fsp3) is 0.750. The molecule has 0 bridgehead atoms. The molecule has 0 radical (unpaired) electrons. The van der Waals surface area contributed by atoms with Crippen molar-refractivity contribution < 1.29 is 4.79 Å². The molecule has 0 aliphatic carbocycles. The molecule has 1 rings (SSSR count). The van der Waals surface area contributed by atoms with E-state index in [2.05, 4.69) is 15.9 Å². The topological polar surface area (TPSA) is 20.1 Å². The minimum absolute atomic E-state index is 0.00367. The number of amides is 1. The number of rotatable bonds is 1. The molecule has 0 aromatic rings. The maximum Gasteiger partial charge on any atom is 0.265 e. The predicted octanol–water partition coefficient (Wildman–Crippen LogP) is 1.14. The molecule has 0 N–H and O–H groups in total. The normalized spacial score (nSPS) is 35.9. The zero-order valence-corrected chi connectivity index (χ0v) is 6.66. The Kier molecular flexibility index (Phi) is 1.28. The summed E-state index contributed by atoms with van der Waals surface area (Å²) in [5.74, 6) is -0.00367. The van der Waals surface area contributed by atoms with Crippen molar-refractivity contribution in [1.82, 2.24) is 4.42 Å². The van der Waals surface area contributed by atoms with Crippen LogP contribution in [0.25, 0.3) is 0 Å². The highest BCUT2D eigenvalue weighted by Crippen LogP contribution is 2.37. The van der Waals surface area contributed by atoms with Crippen molar-refractivity contribution in [3.63, 3.8) is 0 Å². The van der Waals surface area contributed by atoms with Crippen LogP contribution in [0.1, 0.15) is 6.92 Å². The molecular formula is C4H5BrClNO. The molecule has 1 unspecified atom stereocenters. The van der Waals surface area contributed by atoms with Crippen LogP contribution in [0.2, 0.25) is 0 Å². The second-order valence-corrected chi connectivity index (χ2v) is 2.89.